The molecule has 0 saturated carbocycles. The van der Waals surface area contributed by atoms with Gasteiger partial charge in [-0.3, -0.25) is 20.4 Å². The molecule has 1 aromatic heterocycles. The van der Waals surface area contributed by atoms with E-state index in [1.54, 1.807) is 0 Å². The Bertz CT molecular complexity index is 926. The SMILES string of the molecule is O=C(CSCc1cccc(Cl)c1)NNC(=O)Cc1c[nH]c2ccccc12. The second kappa shape index (κ2) is 8.78. The zero-order valence-electron chi connectivity index (χ0n) is 13.9. The van der Waals surface area contributed by atoms with Gasteiger partial charge in [0, 0.05) is 27.9 Å². The van der Waals surface area contributed by atoms with Gasteiger partial charge in [-0.15, -0.1) is 11.8 Å². The maximum Gasteiger partial charge on any atom is 0.248 e. The molecule has 0 aliphatic heterocycles. The Hall–Kier alpha value is -2.44. The average Bonchev–Trinajstić information content (AvgIpc) is 3.03. The van der Waals surface area contributed by atoms with Crippen molar-refractivity contribution in [3.63, 3.8) is 0 Å². The molecule has 0 aliphatic carbocycles. The number of hydrogen-bond acceptors (Lipinski definition) is 3. The van der Waals surface area contributed by atoms with Crippen molar-refractivity contribution >= 4 is 46.1 Å². The van der Waals surface area contributed by atoms with Crippen LogP contribution in [0.2, 0.25) is 5.02 Å². The van der Waals surface area contributed by atoms with Crippen molar-refractivity contribution in [3.05, 3.63) is 70.9 Å². The van der Waals surface area contributed by atoms with Crippen molar-refractivity contribution in [1.82, 2.24) is 15.8 Å². The Morgan fingerprint density at radius 1 is 1.04 bits per heavy atom. The normalized spacial score (nSPS) is 10.7. The minimum atomic E-state index is -0.261. The first-order valence-electron chi connectivity index (χ1n) is 8.06. The Morgan fingerprint density at radius 2 is 1.85 bits per heavy atom. The molecule has 0 saturated heterocycles. The van der Waals surface area contributed by atoms with Gasteiger partial charge in [0.2, 0.25) is 11.8 Å². The first-order valence-corrected chi connectivity index (χ1v) is 9.60. The molecule has 0 radical (unpaired) electrons. The van der Waals surface area contributed by atoms with E-state index in [9.17, 15) is 9.59 Å². The van der Waals surface area contributed by atoms with Gasteiger partial charge < -0.3 is 4.98 Å². The zero-order valence-corrected chi connectivity index (χ0v) is 15.5. The Kier molecular flexibility index (Phi) is 6.20. The summed E-state index contributed by atoms with van der Waals surface area (Å²) in [6.07, 6.45) is 2.01. The van der Waals surface area contributed by atoms with Gasteiger partial charge in [-0.25, -0.2) is 0 Å². The number of nitrogens with one attached hydrogen (secondary N) is 3. The number of halogens is 1. The third kappa shape index (κ3) is 5.03. The molecule has 134 valence electrons. The highest BCUT2D eigenvalue weighted by Gasteiger charge is 2.09. The quantitative estimate of drug-likeness (QED) is 0.567. The highest BCUT2D eigenvalue weighted by Crippen LogP contribution is 2.18. The molecule has 0 unspecified atom stereocenters. The number of carbonyl (C=O) groups is 2. The van der Waals surface area contributed by atoms with Crippen LogP contribution in [0.1, 0.15) is 11.1 Å². The van der Waals surface area contributed by atoms with Crippen molar-refractivity contribution < 1.29 is 9.59 Å². The summed E-state index contributed by atoms with van der Waals surface area (Å²) >= 11 is 7.38. The number of H-pyrrole nitrogens is 1. The lowest BCUT2D eigenvalue weighted by Crippen LogP contribution is -2.43. The van der Waals surface area contributed by atoms with E-state index in [0.717, 1.165) is 22.0 Å². The maximum atomic E-state index is 12.0. The van der Waals surface area contributed by atoms with Crippen LogP contribution < -0.4 is 10.9 Å². The van der Waals surface area contributed by atoms with E-state index < -0.39 is 0 Å². The van der Waals surface area contributed by atoms with Crippen LogP contribution in [0, 0.1) is 0 Å². The summed E-state index contributed by atoms with van der Waals surface area (Å²) in [5.74, 6) is 0.421. The van der Waals surface area contributed by atoms with E-state index in [-0.39, 0.29) is 24.0 Å². The standard InChI is InChI=1S/C19H18ClN3O2S/c20-15-5-3-4-13(8-15)11-26-12-19(25)23-22-18(24)9-14-10-21-17-7-2-1-6-16(14)17/h1-8,10,21H,9,11-12H2,(H,22,24)(H,23,25). The molecule has 0 aliphatic rings. The molecule has 2 amide bonds. The molecule has 7 heteroatoms. The third-order valence-electron chi connectivity index (χ3n) is 3.76. The summed E-state index contributed by atoms with van der Waals surface area (Å²) in [7, 11) is 0. The van der Waals surface area contributed by atoms with Crippen LogP contribution in [0.4, 0.5) is 0 Å². The van der Waals surface area contributed by atoms with Crippen molar-refractivity contribution in [2.75, 3.05) is 5.75 Å². The molecule has 3 rings (SSSR count). The Balaban J connectivity index is 1.40. The fourth-order valence-electron chi connectivity index (χ4n) is 2.56. The molecule has 5 nitrogen and oxygen atoms in total. The number of para-hydroxylation sites is 1. The molecule has 26 heavy (non-hydrogen) atoms. The average molecular weight is 388 g/mol. The molecule has 0 bridgehead atoms. The van der Waals surface area contributed by atoms with Gasteiger partial charge in [-0.05, 0) is 29.3 Å². The second-order valence-electron chi connectivity index (χ2n) is 5.76. The molecular formula is C19H18ClN3O2S. The number of rotatable bonds is 6. The number of thioether (sulfide) groups is 1. The largest absolute Gasteiger partial charge is 0.361 e. The minimum absolute atomic E-state index is 0.194. The monoisotopic (exact) mass is 387 g/mol. The predicted octanol–water partition coefficient (Wildman–Crippen LogP) is 3.44. The summed E-state index contributed by atoms with van der Waals surface area (Å²) < 4.78 is 0. The van der Waals surface area contributed by atoms with E-state index >= 15 is 0 Å². The van der Waals surface area contributed by atoms with Gasteiger partial charge in [0.05, 0.1) is 12.2 Å². The fraction of sp³-hybridized carbons (Fsp3) is 0.158. The third-order valence-corrected chi connectivity index (χ3v) is 5.00. The van der Waals surface area contributed by atoms with Crippen molar-refractivity contribution in [3.8, 4) is 0 Å². The van der Waals surface area contributed by atoms with Crippen molar-refractivity contribution in [1.29, 1.82) is 0 Å². The van der Waals surface area contributed by atoms with E-state index in [4.69, 9.17) is 11.6 Å². The van der Waals surface area contributed by atoms with Gasteiger partial charge in [-0.2, -0.15) is 0 Å². The van der Waals surface area contributed by atoms with E-state index in [1.165, 1.54) is 11.8 Å². The first-order chi connectivity index (χ1) is 12.6. The van der Waals surface area contributed by atoms with Gasteiger partial charge in [0.15, 0.2) is 0 Å². The number of aromatic nitrogens is 1. The molecule has 2 aromatic carbocycles. The molecular weight excluding hydrogens is 370 g/mol. The molecule has 0 atom stereocenters. The number of hydrogen-bond donors (Lipinski definition) is 3. The van der Waals surface area contributed by atoms with Crippen LogP contribution in [-0.4, -0.2) is 22.6 Å². The second-order valence-corrected chi connectivity index (χ2v) is 7.18. The van der Waals surface area contributed by atoms with Crippen LogP contribution in [0.15, 0.2) is 54.7 Å². The number of hydrazine groups is 1. The van der Waals surface area contributed by atoms with Crippen LogP contribution in [-0.2, 0) is 21.8 Å². The van der Waals surface area contributed by atoms with Crippen LogP contribution in [0.3, 0.4) is 0 Å². The highest BCUT2D eigenvalue weighted by atomic mass is 35.5. The maximum absolute atomic E-state index is 12.0. The van der Waals surface area contributed by atoms with Crippen LogP contribution in [0.25, 0.3) is 10.9 Å². The Labute approximate surface area is 160 Å². The molecule has 0 fully saturated rings. The summed E-state index contributed by atoms with van der Waals surface area (Å²) in [5, 5.41) is 1.68. The fourth-order valence-corrected chi connectivity index (χ4v) is 3.55. The van der Waals surface area contributed by atoms with E-state index in [2.05, 4.69) is 15.8 Å². The molecule has 3 aromatic rings. The smallest absolute Gasteiger partial charge is 0.248 e. The van der Waals surface area contributed by atoms with Crippen LogP contribution >= 0.6 is 23.4 Å². The van der Waals surface area contributed by atoms with Gasteiger partial charge in [0.1, 0.15) is 0 Å². The van der Waals surface area contributed by atoms with Crippen molar-refractivity contribution in [2.45, 2.75) is 12.2 Å². The first kappa shape index (κ1) is 18.4. The summed E-state index contributed by atoms with van der Waals surface area (Å²) in [5.41, 5.74) is 7.83. The lowest BCUT2D eigenvalue weighted by molar-refractivity contribution is -0.127. The van der Waals surface area contributed by atoms with Gasteiger partial charge in [-0.1, -0.05) is 41.9 Å². The number of aromatic amines is 1. The number of amides is 2. The van der Waals surface area contributed by atoms with Crippen molar-refractivity contribution in [2.24, 2.45) is 0 Å². The van der Waals surface area contributed by atoms with Gasteiger partial charge >= 0.3 is 0 Å². The lowest BCUT2D eigenvalue weighted by Gasteiger charge is -2.07. The highest BCUT2D eigenvalue weighted by molar-refractivity contribution is 7.99. The molecule has 3 N–H and O–H groups in total. The molecule has 0 spiro atoms. The summed E-state index contributed by atoms with van der Waals surface area (Å²) in [4.78, 5) is 27.0. The number of benzene rings is 2. The minimum Gasteiger partial charge on any atom is -0.361 e. The predicted molar refractivity (Wildman–Crippen MR) is 106 cm³/mol. The van der Waals surface area contributed by atoms with Gasteiger partial charge in [0.25, 0.3) is 0 Å². The van der Waals surface area contributed by atoms with Crippen LogP contribution in [0.5, 0.6) is 0 Å². The molecule has 1 heterocycles. The van der Waals surface area contributed by atoms with E-state index in [1.807, 2.05) is 54.7 Å². The van der Waals surface area contributed by atoms with E-state index in [0.29, 0.717) is 10.8 Å². The summed E-state index contributed by atoms with van der Waals surface area (Å²) in [6.45, 7) is 0. The summed E-state index contributed by atoms with van der Waals surface area (Å²) in [6, 6.07) is 15.3. The number of carbonyl (C=O) groups excluding carboxylic acids is 2. The Morgan fingerprint density at radius 3 is 2.69 bits per heavy atom. The zero-order chi connectivity index (χ0) is 18.4. The lowest BCUT2D eigenvalue weighted by atomic mass is 10.1. The topological polar surface area (TPSA) is 74.0 Å². The number of fused-ring (bicyclic) bond motifs is 1.